The van der Waals surface area contributed by atoms with Gasteiger partial charge in [-0.15, -0.1) is 0 Å². The van der Waals surface area contributed by atoms with E-state index in [2.05, 4.69) is 4.90 Å². The molecule has 6 nitrogen and oxygen atoms in total. The summed E-state index contributed by atoms with van der Waals surface area (Å²) in [5, 5.41) is 30.8. The summed E-state index contributed by atoms with van der Waals surface area (Å²) in [6.07, 6.45) is -0.656. The standard InChI is InChI=1S/C21H27NO5/c1-13-6-4-5-7-15(13)16-11-22(17(12-23)20(16)24)10-14-8-18(26-2)21(25)19(9-14)27-3/h4-9,16-17,20,23-25H,10-12H2,1-3H3/t16-,17-,20-/m1/s1. The Kier molecular flexibility index (Phi) is 5.89. The number of nitrogens with zero attached hydrogens (tertiary/aromatic N) is 1. The highest BCUT2D eigenvalue weighted by molar-refractivity contribution is 5.52. The fraction of sp³-hybridized carbons (Fsp3) is 0.429. The molecule has 1 heterocycles. The fourth-order valence-electron chi connectivity index (χ4n) is 3.94. The number of likely N-dealkylation sites (tertiary alicyclic amines) is 1. The van der Waals surface area contributed by atoms with Crippen molar-refractivity contribution >= 4 is 0 Å². The Morgan fingerprint density at radius 3 is 2.30 bits per heavy atom. The fourth-order valence-corrected chi connectivity index (χ4v) is 3.94. The van der Waals surface area contributed by atoms with Gasteiger partial charge in [-0.25, -0.2) is 0 Å². The topological polar surface area (TPSA) is 82.4 Å². The van der Waals surface area contributed by atoms with Crippen molar-refractivity contribution in [3.05, 3.63) is 53.1 Å². The molecule has 0 aromatic heterocycles. The largest absolute Gasteiger partial charge is 0.502 e. The highest BCUT2D eigenvalue weighted by Crippen LogP contribution is 2.39. The number of phenolic OH excluding ortho intramolecular Hbond substituents is 1. The second-order valence-corrected chi connectivity index (χ2v) is 6.98. The Bertz CT molecular complexity index is 769. The van der Waals surface area contributed by atoms with Crippen molar-refractivity contribution in [1.82, 2.24) is 4.90 Å². The van der Waals surface area contributed by atoms with E-state index >= 15 is 0 Å². The Balaban J connectivity index is 1.87. The summed E-state index contributed by atoms with van der Waals surface area (Å²) in [4.78, 5) is 2.06. The van der Waals surface area contributed by atoms with Crippen LogP contribution < -0.4 is 9.47 Å². The summed E-state index contributed by atoms with van der Waals surface area (Å²) in [6.45, 7) is 3.03. The molecule has 1 saturated heterocycles. The van der Waals surface area contributed by atoms with Crippen LogP contribution in [0.15, 0.2) is 36.4 Å². The van der Waals surface area contributed by atoms with Gasteiger partial charge in [0.15, 0.2) is 11.5 Å². The molecular weight excluding hydrogens is 346 g/mol. The van der Waals surface area contributed by atoms with E-state index < -0.39 is 6.10 Å². The quantitative estimate of drug-likeness (QED) is 0.719. The number of hydrogen-bond acceptors (Lipinski definition) is 6. The number of ether oxygens (including phenoxy) is 2. The third-order valence-corrected chi connectivity index (χ3v) is 5.41. The zero-order chi connectivity index (χ0) is 19.6. The number of phenols is 1. The third kappa shape index (κ3) is 3.74. The normalized spacial score (nSPS) is 22.8. The molecule has 0 bridgehead atoms. The Morgan fingerprint density at radius 2 is 1.74 bits per heavy atom. The van der Waals surface area contributed by atoms with E-state index in [9.17, 15) is 15.3 Å². The molecule has 1 aliphatic rings. The smallest absolute Gasteiger partial charge is 0.200 e. The van der Waals surface area contributed by atoms with Crippen molar-refractivity contribution in [3.63, 3.8) is 0 Å². The first-order valence-electron chi connectivity index (χ1n) is 9.02. The maximum absolute atomic E-state index is 10.8. The van der Waals surface area contributed by atoms with E-state index in [0.29, 0.717) is 24.6 Å². The zero-order valence-corrected chi connectivity index (χ0v) is 15.9. The maximum Gasteiger partial charge on any atom is 0.200 e. The van der Waals surface area contributed by atoms with Gasteiger partial charge in [-0.1, -0.05) is 24.3 Å². The summed E-state index contributed by atoms with van der Waals surface area (Å²) in [5.41, 5.74) is 3.11. The van der Waals surface area contributed by atoms with Gasteiger partial charge in [0.1, 0.15) is 0 Å². The first kappa shape index (κ1) is 19.5. The molecule has 3 atom stereocenters. The van der Waals surface area contributed by atoms with Gasteiger partial charge in [0, 0.05) is 19.0 Å². The lowest BCUT2D eigenvalue weighted by Crippen LogP contribution is -2.38. The van der Waals surface area contributed by atoms with Gasteiger partial charge in [0.25, 0.3) is 0 Å². The van der Waals surface area contributed by atoms with E-state index in [-0.39, 0.29) is 24.3 Å². The molecule has 3 N–H and O–H groups in total. The predicted molar refractivity (Wildman–Crippen MR) is 102 cm³/mol. The summed E-state index contributed by atoms with van der Waals surface area (Å²) in [5.74, 6) is 0.561. The summed E-state index contributed by atoms with van der Waals surface area (Å²) < 4.78 is 10.5. The van der Waals surface area contributed by atoms with Gasteiger partial charge in [-0.2, -0.15) is 0 Å². The Hall–Kier alpha value is -2.28. The van der Waals surface area contributed by atoms with Gasteiger partial charge in [0.2, 0.25) is 5.75 Å². The van der Waals surface area contributed by atoms with Crippen LogP contribution in [-0.4, -0.2) is 59.7 Å². The minimum absolute atomic E-state index is 0.0401. The van der Waals surface area contributed by atoms with Gasteiger partial charge in [-0.05, 0) is 35.7 Å². The van der Waals surface area contributed by atoms with E-state index in [1.54, 1.807) is 12.1 Å². The van der Waals surface area contributed by atoms with Crippen LogP contribution in [0, 0.1) is 6.92 Å². The number of aliphatic hydroxyl groups is 2. The second-order valence-electron chi connectivity index (χ2n) is 6.98. The summed E-state index contributed by atoms with van der Waals surface area (Å²) in [6, 6.07) is 11.2. The molecule has 3 rings (SSSR count). The number of rotatable bonds is 6. The lowest BCUT2D eigenvalue weighted by Gasteiger charge is -2.24. The zero-order valence-electron chi connectivity index (χ0n) is 15.9. The van der Waals surface area contributed by atoms with Gasteiger partial charge >= 0.3 is 0 Å². The molecule has 0 amide bonds. The Labute approximate surface area is 159 Å². The van der Waals surface area contributed by atoms with Crippen LogP contribution in [0.5, 0.6) is 17.2 Å². The van der Waals surface area contributed by atoms with Crippen LogP contribution in [0.2, 0.25) is 0 Å². The SMILES string of the molecule is COc1cc(CN2C[C@H](c3ccccc3C)[C@@H](O)[C@H]2CO)cc(OC)c1O. The number of methoxy groups -OCH3 is 2. The van der Waals surface area contributed by atoms with Crippen LogP contribution in [0.3, 0.4) is 0 Å². The highest BCUT2D eigenvalue weighted by Gasteiger charge is 2.41. The maximum atomic E-state index is 10.8. The van der Waals surface area contributed by atoms with Gasteiger partial charge in [-0.3, -0.25) is 4.90 Å². The molecular formula is C21H27NO5. The molecule has 0 aliphatic carbocycles. The van der Waals surface area contributed by atoms with Crippen LogP contribution >= 0.6 is 0 Å². The summed E-state index contributed by atoms with van der Waals surface area (Å²) in [7, 11) is 2.98. The molecule has 0 unspecified atom stereocenters. The molecule has 0 spiro atoms. The number of benzene rings is 2. The van der Waals surface area contributed by atoms with Crippen molar-refractivity contribution in [1.29, 1.82) is 0 Å². The van der Waals surface area contributed by atoms with Gasteiger partial charge < -0.3 is 24.8 Å². The van der Waals surface area contributed by atoms with E-state index in [1.165, 1.54) is 14.2 Å². The molecule has 1 aliphatic heterocycles. The molecule has 2 aromatic rings. The minimum Gasteiger partial charge on any atom is -0.502 e. The third-order valence-electron chi connectivity index (χ3n) is 5.41. The Morgan fingerprint density at radius 1 is 1.11 bits per heavy atom. The monoisotopic (exact) mass is 373 g/mol. The molecule has 2 aromatic carbocycles. The first-order chi connectivity index (χ1) is 13.0. The number of hydrogen-bond donors (Lipinski definition) is 3. The lowest BCUT2D eigenvalue weighted by atomic mass is 9.90. The minimum atomic E-state index is -0.656. The predicted octanol–water partition coefficient (Wildman–Crippen LogP) is 2.04. The van der Waals surface area contributed by atoms with Crippen LogP contribution in [0.1, 0.15) is 22.6 Å². The molecule has 1 fully saturated rings. The average Bonchev–Trinajstić information content (AvgIpc) is 2.98. The molecule has 0 radical (unpaired) electrons. The van der Waals surface area contributed by atoms with E-state index in [1.807, 2.05) is 31.2 Å². The number of aryl methyl sites for hydroxylation is 1. The van der Waals surface area contributed by atoms with Gasteiger partial charge in [0.05, 0.1) is 33.0 Å². The average molecular weight is 373 g/mol. The summed E-state index contributed by atoms with van der Waals surface area (Å²) >= 11 is 0. The second kappa shape index (κ2) is 8.17. The lowest BCUT2D eigenvalue weighted by molar-refractivity contribution is 0.0640. The molecule has 27 heavy (non-hydrogen) atoms. The van der Waals surface area contributed by atoms with Crippen LogP contribution in [0.25, 0.3) is 0 Å². The van der Waals surface area contributed by atoms with Crippen LogP contribution in [-0.2, 0) is 6.54 Å². The number of aliphatic hydroxyl groups excluding tert-OH is 2. The molecule has 146 valence electrons. The van der Waals surface area contributed by atoms with Crippen molar-refractivity contribution in [2.24, 2.45) is 0 Å². The van der Waals surface area contributed by atoms with E-state index in [4.69, 9.17) is 9.47 Å². The van der Waals surface area contributed by atoms with Crippen molar-refractivity contribution < 1.29 is 24.8 Å². The number of aromatic hydroxyl groups is 1. The van der Waals surface area contributed by atoms with E-state index in [0.717, 1.165) is 16.7 Å². The molecule has 0 saturated carbocycles. The highest BCUT2D eigenvalue weighted by atomic mass is 16.5. The first-order valence-corrected chi connectivity index (χ1v) is 9.02. The van der Waals surface area contributed by atoms with Crippen LogP contribution in [0.4, 0.5) is 0 Å². The van der Waals surface area contributed by atoms with Crippen molar-refractivity contribution in [3.8, 4) is 17.2 Å². The van der Waals surface area contributed by atoms with Crippen molar-refractivity contribution in [2.45, 2.75) is 31.5 Å². The molecule has 6 heteroatoms. The van der Waals surface area contributed by atoms with Crippen molar-refractivity contribution in [2.75, 3.05) is 27.4 Å².